The number of hydrogen-bond donors (Lipinski definition) is 2. The number of carboxylic acid groups (broad SMARTS) is 1. The lowest BCUT2D eigenvalue weighted by molar-refractivity contribution is -0.131. The molecule has 9 heterocycles. The molecule has 0 radical (unpaired) electrons. The number of methoxy groups -OCH3 is 3. The molecule has 12 fully saturated rings. The molecule has 9 saturated heterocycles. The van der Waals surface area contributed by atoms with Gasteiger partial charge in [0.1, 0.15) is 33.6 Å². The van der Waals surface area contributed by atoms with Crippen LogP contribution < -0.4 is 5.73 Å². The number of ether oxygens (including phenoxy) is 9. The van der Waals surface area contributed by atoms with Crippen LogP contribution in [0.4, 0.5) is 0 Å². The van der Waals surface area contributed by atoms with Gasteiger partial charge >= 0.3 is 5.97 Å². The molecule has 3 aliphatic carbocycles. The van der Waals surface area contributed by atoms with Gasteiger partial charge in [0.25, 0.3) is 0 Å². The summed E-state index contributed by atoms with van der Waals surface area (Å²) in [7, 11) is 5.18. The third-order valence-corrected chi connectivity index (χ3v) is 22.4. The molecule has 12 rings (SSSR count). The summed E-state index contributed by atoms with van der Waals surface area (Å²) in [6.07, 6.45) is 30.9. The van der Waals surface area contributed by atoms with Crippen LogP contribution in [-0.4, -0.2) is 214 Å². The Bertz CT molecular complexity index is 2540. The number of rotatable bonds is 25. The molecule has 0 bridgehead atoms. The Morgan fingerprint density at radius 1 is 0.500 bits per heavy atom. The molecule has 0 aromatic heterocycles. The van der Waals surface area contributed by atoms with Crippen LogP contribution in [0.2, 0.25) is 0 Å². The zero-order valence-electron chi connectivity index (χ0n) is 58.1. The zero-order valence-corrected chi connectivity index (χ0v) is 58.1. The van der Waals surface area contributed by atoms with E-state index in [1.54, 1.807) is 21.3 Å². The highest BCUT2D eigenvalue weighted by Gasteiger charge is 2.74. The summed E-state index contributed by atoms with van der Waals surface area (Å²) in [6, 6.07) is 0. The van der Waals surface area contributed by atoms with Crippen LogP contribution in [0, 0.1) is 17.8 Å². The van der Waals surface area contributed by atoms with E-state index in [2.05, 4.69) is 95.2 Å². The summed E-state index contributed by atoms with van der Waals surface area (Å²) < 4.78 is 54.2. The maximum Gasteiger partial charge on any atom is 0.328 e. The number of carbonyl (C=O) groups excluding carboxylic acids is 2. The minimum absolute atomic E-state index is 0. The second kappa shape index (κ2) is 32.4. The largest absolute Gasteiger partial charge is 0.478 e. The Morgan fingerprint density at radius 3 is 1.03 bits per heavy atom. The second-order valence-corrected chi connectivity index (χ2v) is 30.0. The summed E-state index contributed by atoms with van der Waals surface area (Å²) >= 11 is 0. The quantitative estimate of drug-likeness (QED) is 0.0494. The molecule has 17 heteroatoms. The Balaban J connectivity index is 0.000000167. The summed E-state index contributed by atoms with van der Waals surface area (Å²) in [4.78, 5) is 43.9. The molecule has 9 aliphatic heterocycles. The van der Waals surface area contributed by atoms with Gasteiger partial charge < -0.3 is 68.2 Å². The van der Waals surface area contributed by atoms with E-state index in [1.807, 2.05) is 12.2 Å². The van der Waals surface area contributed by atoms with Gasteiger partial charge in [-0.05, 0) is 253 Å². The van der Waals surface area contributed by atoms with Crippen molar-refractivity contribution in [2.45, 2.75) is 262 Å². The number of aliphatic carboxylic acids is 1. The lowest BCUT2D eigenvalue weighted by Gasteiger charge is -2.40. The highest BCUT2D eigenvalue weighted by Crippen LogP contribution is 2.63. The van der Waals surface area contributed by atoms with Gasteiger partial charge in [0.2, 0.25) is 0 Å². The Labute approximate surface area is 553 Å². The molecule has 0 unspecified atom stereocenters. The van der Waals surface area contributed by atoms with Crippen LogP contribution >= 0.6 is 0 Å². The van der Waals surface area contributed by atoms with Gasteiger partial charge in [-0.25, -0.2) is 4.79 Å². The van der Waals surface area contributed by atoms with Gasteiger partial charge in [-0.1, -0.05) is 42.4 Å². The number of allylic oxidation sites excluding steroid dienone is 5. The fourth-order valence-electron chi connectivity index (χ4n) is 16.9. The standard InChI is InChI=1S/2C25H39NO4.C18H26O5.C6H14N2.CH4/c2*1-18(2)9-10-21-24(3,30-21)23-22(28-4)19(11-12-25(23)17-29-25)16-20(27)8-7-15-26-13-5-6-14-26;1-11(2)5-6-13-17(3,23-13)16-15(21-4)12(9-14(19)20)7-8-18(16)10-22-18;7-3-6-8-4-1-2-5-8;/h2*9,16,21-23H,5-8,10-15,17H2,1-4H3;5,9,13,15-16H,6-8,10H2,1-4H3,(H,19,20);1-7H2;1H4/t2*21-,22-,23-,24+,25+;13-,15-,16-,17+,18+;;/m111../s1. The van der Waals surface area contributed by atoms with Crippen molar-refractivity contribution in [2.75, 3.05) is 107 Å². The van der Waals surface area contributed by atoms with Crippen LogP contribution in [0.1, 0.15) is 192 Å². The monoisotopic (exact) mass is 1290 g/mol. The van der Waals surface area contributed by atoms with Crippen molar-refractivity contribution < 1.29 is 62.1 Å². The highest BCUT2D eigenvalue weighted by molar-refractivity contribution is 5.91. The highest BCUT2D eigenvalue weighted by atomic mass is 16.6. The lowest BCUT2D eigenvalue weighted by Crippen LogP contribution is -2.50. The van der Waals surface area contributed by atoms with E-state index in [9.17, 15) is 14.4 Å². The molecular weight excluding hydrogens is 1160 g/mol. The summed E-state index contributed by atoms with van der Waals surface area (Å²) in [5.74, 6) is -0.126. The van der Waals surface area contributed by atoms with Crippen molar-refractivity contribution in [3.8, 4) is 0 Å². The molecule has 3 N–H and O–H groups in total. The molecule has 0 aromatic carbocycles. The minimum atomic E-state index is -0.920. The molecule has 0 amide bonds. The normalized spacial score (nSPS) is 38.5. The van der Waals surface area contributed by atoms with E-state index < -0.39 is 5.97 Å². The van der Waals surface area contributed by atoms with E-state index in [-0.39, 0.29) is 107 Å². The summed E-state index contributed by atoms with van der Waals surface area (Å²) in [5.41, 5.74) is 11.1. The van der Waals surface area contributed by atoms with Gasteiger partial charge in [0, 0.05) is 53.3 Å². The number of nitrogens with zero attached hydrogens (tertiary/aromatic N) is 3. The fourth-order valence-corrected chi connectivity index (χ4v) is 16.9. The molecule has 3 saturated carbocycles. The average Bonchev–Trinajstić information content (AvgIpc) is 1.55. The Hall–Kier alpha value is -3.27. The Kier molecular flexibility index (Phi) is 26.2. The molecule has 520 valence electrons. The maximum absolute atomic E-state index is 12.7. The van der Waals surface area contributed by atoms with Crippen LogP contribution in [0.25, 0.3) is 0 Å². The predicted molar refractivity (Wildman–Crippen MR) is 362 cm³/mol. The van der Waals surface area contributed by atoms with E-state index >= 15 is 0 Å². The summed E-state index contributed by atoms with van der Waals surface area (Å²) in [5, 5.41) is 9.12. The molecule has 12 aliphatic rings. The fraction of sp³-hybridized carbons (Fsp3) is 0.800. The molecule has 15 atom stereocenters. The number of nitrogens with two attached hydrogens (primary N) is 1. The van der Waals surface area contributed by atoms with Gasteiger partial charge in [-0.3, -0.25) is 9.59 Å². The number of carboxylic acids is 1. The second-order valence-electron chi connectivity index (χ2n) is 30.0. The topological polar surface area (TPSA) is 210 Å². The molecule has 92 heavy (non-hydrogen) atoms. The van der Waals surface area contributed by atoms with E-state index in [1.165, 1.54) is 101 Å². The van der Waals surface area contributed by atoms with E-state index in [4.69, 9.17) is 53.5 Å². The molecular formula is C75H122N4O13. The van der Waals surface area contributed by atoms with Crippen molar-refractivity contribution in [2.24, 2.45) is 23.5 Å². The Morgan fingerprint density at radius 2 is 0.783 bits per heavy atom. The first-order valence-electron chi connectivity index (χ1n) is 35.2. The zero-order chi connectivity index (χ0) is 65.4. The number of likely N-dealkylation sites (tertiary alicyclic amines) is 3. The first kappa shape index (κ1) is 74.5. The molecule has 3 spiro atoms. The van der Waals surface area contributed by atoms with Gasteiger partial charge in [0.15, 0.2) is 11.6 Å². The average molecular weight is 1290 g/mol. The van der Waals surface area contributed by atoms with Gasteiger partial charge in [-0.2, -0.15) is 0 Å². The van der Waals surface area contributed by atoms with Crippen molar-refractivity contribution in [3.05, 3.63) is 69.9 Å². The number of carbonyl (C=O) groups is 3. The van der Waals surface area contributed by atoms with Crippen molar-refractivity contribution in [3.63, 3.8) is 0 Å². The molecule has 0 aromatic rings. The van der Waals surface area contributed by atoms with Crippen LogP contribution in [0.15, 0.2) is 69.9 Å². The van der Waals surface area contributed by atoms with Crippen LogP contribution in [-0.2, 0) is 57.0 Å². The number of epoxide rings is 6. The van der Waals surface area contributed by atoms with E-state index in [0.29, 0.717) is 25.9 Å². The van der Waals surface area contributed by atoms with Crippen molar-refractivity contribution >= 4 is 17.5 Å². The SMILES string of the molecule is C.CO[C@@H]1C(=CC(=O)CCCN2CCCC2)CC[C@]2(CO2)[C@H]1[C@@]1(C)O[C@@H]1CC=C(C)C.CO[C@@H]1C(=CC(=O)CCCN2CCCC2)CC[C@]2(CO2)[C@H]1[C@@]1(C)O[C@@H]1CC=C(C)C.CO[C@@H]1C(=CC(=O)O)CC[C@]2(CO2)[C@H]1[C@@]1(C)O[C@@H]1CC=C(C)C.NCCN1CCCC1. The van der Waals surface area contributed by atoms with Crippen molar-refractivity contribution in [1.29, 1.82) is 0 Å². The molecule has 17 nitrogen and oxygen atoms in total. The third-order valence-electron chi connectivity index (χ3n) is 22.4. The maximum atomic E-state index is 12.7. The smallest absolute Gasteiger partial charge is 0.328 e. The van der Waals surface area contributed by atoms with Crippen molar-refractivity contribution in [1.82, 2.24) is 14.7 Å². The van der Waals surface area contributed by atoms with Crippen LogP contribution in [0.5, 0.6) is 0 Å². The number of ketones is 2. The van der Waals surface area contributed by atoms with E-state index in [0.717, 1.165) is 120 Å². The predicted octanol–water partition coefficient (Wildman–Crippen LogP) is 11.5. The van der Waals surface area contributed by atoms with Gasteiger partial charge in [0.05, 0.1) is 74.2 Å². The number of hydrogen-bond acceptors (Lipinski definition) is 16. The summed E-state index contributed by atoms with van der Waals surface area (Å²) in [6.45, 7) is 32.8. The third kappa shape index (κ3) is 18.5. The first-order valence-corrected chi connectivity index (χ1v) is 35.2. The van der Waals surface area contributed by atoms with Gasteiger partial charge in [-0.15, -0.1) is 0 Å². The lowest BCUT2D eigenvalue weighted by atomic mass is 9.67. The first-order chi connectivity index (χ1) is 43.5. The van der Waals surface area contributed by atoms with Crippen LogP contribution in [0.3, 0.4) is 0 Å². The minimum Gasteiger partial charge on any atom is -0.478 e.